The Morgan fingerprint density at radius 1 is 1.22 bits per heavy atom. The topological polar surface area (TPSA) is 24.7 Å². The van der Waals surface area contributed by atoms with E-state index in [1.807, 2.05) is 13.0 Å². The standard InChI is InChI=1S/C7H10N2/c1-3-5-9-7-6-8-4-2/h3-7H,2H2,1H3/b5-3-,8-6?,9-7?. The Morgan fingerprint density at radius 3 is 2.44 bits per heavy atom. The second kappa shape index (κ2) is 6.82. The molecule has 0 rings (SSSR count). The molecular weight excluding hydrogens is 112 g/mol. The van der Waals surface area contributed by atoms with E-state index < -0.39 is 0 Å². The van der Waals surface area contributed by atoms with Crippen LogP contribution in [-0.2, 0) is 0 Å². The smallest absolute Gasteiger partial charge is 0.0450 e. The van der Waals surface area contributed by atoms with Gasteiger partial charge in [0, 0.05) is 24.8 Å². The molecule has 48 valence electrons. The highest BCUT2D eigenvalue weighted by molar-refractivity contribution is 6.16. The summed E-state index contributed by atoms with van der Waals surface area (Å²) < 4.78 is 0. The van der Waals surface area contributed by atoms with Crippen LogP contribution < -0.4 is 0 Å². The van der Waals surface area contributed by atoms with E-state index in [0.717, 1.165) is 0 Å². The predicted octanol–water partition coefficient (Wildman–Crippen LogP) is 1.81. The lowest BCUT2D eigenvalue weighted by Gasteiger charge is -1.70. The molecule has 9 heavy (non-hydrogen) atoms. The summed E-state index contributed by atoms with van der Waals surface area (Å²) in [7, 11) is 0. The fourth-order valence-corrected chi connectivity index (χ4v) is 0.274. The van der Waals surface area contributed by atoms with Crippen molar-refractivity contribution in [3.63, 3.8) is 0 Å². The third kappa shape index (κ3) is 6.82. The fraction of sp³-hybridized carbons (Fsp3) is 0.143. The molecule has 0 atom stereocenters. The summed E-state index contributed by atoms with van der Waals surface area (Å²) in [6.45, 7) is 5.31. The minimum Gasteiger partial charge on any atom is -0.264 e. The SMILES string of the molecule is C=CN=CC=N/C=C\C. The fourth-order valence-electron chi connectivity index (χ4n) is 0.274. The third-order valence-electron chi connectivity index (χ3n) is 0.579. The lowest BCUT2D eigenvalue weighted by molar-refractivity contribution is 1.55. The van der Waals surface area contributed by atoms with Crippen LogP contribution in [0.25, 0.3) is 0 Å². The Kier molecular flexibility index (Phi) is 5.93. The van der Waals surface area contributed by atoms with Crippen molar-refractivity contribution in [2.75, 3.05) is 0 Å². The molecule has 2 nitrogen and oxygen atoms in total. The molecule has 0 N–H and O–H groups in total. The lowest BCUT2D eigenvalue weighted by atomic mass is 10.7. The summed E-state index contributed by atoms with van der Waals surface area (Å²) in [5.74, 6) is 0. The molecule has 0 saturated carbocycles. The first-order valence-electron chi connectivity index (χ1n) is 2.69. The predicted molar refractivity (Wildman–Crippen MR) is 42.0 cm³/mol. The Hall–Kier alpha value is -1.18. The Balaban J connectivity index is 3.46. The normalized spacial score (nSPS) is 12.1. The zero-order valence-electron chi connectivity index (χ0n) is 5.49. The van der Waals surface area contributed by atoms with Crippen LogP contribution in [0.4, 0.5) is 0 Å². The summed E-state index contributed by atoms with van der Waals surface area (Å²) in [5, 5.41) is 0. The minimum atomic E-state index is 1.46. The molecule has 0 saturated heterocycles. The van der Waals surface area contributed by atoms with Gasteiger partial charge in [0.1, 0.15) is 0 Å². The van der Waals surface area contributed by atoms with Crippen LogP contribution in [0.15, 0.2) is 35.0 Å². The zero-order chi connectivity index (χ0) is 6.95. The molecule has 0 aromatic rings. The van der Waals surface area contributed by atoms with Crippen LogP contribution in [0, 0.1) is 0 Å². The molecule has 0 unspecified atom stereocenters. The van der Waals surface area contributed by atoms with E-state index in [1.54, 1.807) is 18.6 Å². The Morgan fingerprint density at radius 2 is 1.89 bits per heavy atom. The average molecular weight is 122 g/mol. The lowest BCUT2D eigenvalue weighted by Crippen LogP contribution is -1.69. The second-order valence-electron chi connectivity index (χ2n) is 1.26. The average Bonchev–Trinajstić information content (AvgIpc) is 1.89. The Bertz CT molecular complexity index is 143. The molecule has 0 aromatic heterocycles. The summed E-state index contributed by atoms with van der Waals surface area (Å²) >= 11 is 0. The third-order valence-corrected chi connectivity index (χ3v) is 0.579. The van der Waals surface area contributed by atoms with E-state index in [9.17, 15) is 0 Å². The largest absolute Gasteiger partial charge is 0.264 e. The van der Waals surface area contributed by atoms with Crippen LogP contribution in [0.1, 0.15) is 6.92 Å². The molecule has 0 aromatic carbocycles. The first-order valence-corrected chi connectivity index (χ1v) is 2.69. The maximum Gasteiger partial charge on any atom is 0.0450 e. The highest BCUT2D eigenvalue weighted by Gasteiger charge is 1.57. The highest BCUT2D eigenvalue weighted by Crippen LogP contribution is 1.68. The van der Waals surface area contributed by atoms with E-state index in [2.05, 4.69) is 16.6 Å². The first-order chi connectivity index (χ1) is 4.41. The van der Waals surface area contributed by atoms with Crippen molar-refractivity contribution in [3.8, 4) is 0 Å². The molecule has 0 amide bonds. The molecule has 0 heterocycles. The summed E-state index contributed by atoms with van der Waals surface area (Å²) in [4.78, 5) is 7.52. The monoisotopic (exact) mass is 122 g/mol. The number of rotatable bonds is 3. The van der Waals surface area contributed by atoms with E-state index in [1.165, 1.54) is 6.20 Å². The van der Waals surface area contributed by atoms with Crippen LogP contribution in [0.5, 0.6) is 0 Å². The van der Waals surface area contributed by atoms with Crippen LogP contribution in [0.3, 0.4) is 0 Å². The molecule has 0 aliphatic carbocycles. The van der Waals surface area contributed by atoms with Gasteiger partial charge in [-0.15, -0.1) is 0 Å². The van der Waals surface area contributed by atoms with Gasteiger partial charge in [-0.3, -0.25) is 9.98 Å². The number of hydrogen-bond acceptors (Lipinski definition) is 2. The first kappa shape index (κ1) is 7.82. The van der Waals surface area contributed by atoms with Gasteiger partial charge in [-0.1, -0.05) is 12.7 Å². The van der Waals surface area contributed by atoms with Crippen molar-refractivity contribution < 1.29 is 0 Å². The van der Waals surface area contributed by atoms with Gasteiger partial charge in [0.25, 0.3) is 0 Å². The Labute approximate surface area is 55.3 Å². The van der Waals surface area contributed by atoms with Crippen LogP contribution in [-0.4, -0.2) is 12.4 Å². The van der Waals surface area contributed by atoms with Crippen molar-refractivity contribution in [3.05, 3.63) is 25.1 Å². The number of hydrogen-bond donors (Lipinski definition) is 0. The van der Waals surface area contributed by atoms with Gasteiger partial charge in [0.05, 0.1) is 0 Å². The summed E-state index contributed by atoms with van der Waals surface area (Å²) in [6, 6.07) is 0. The van der Waals surface area contributed by atoms with Gasteiger partial charge in [-0.05, 0) is 6.92 Å². The van der Waals surface area contributed by atoms with Crippen molar-refractivity contribution in [2.24, 2.45) is 9.98 Å². The van der Waals surface area contributed by atoms with Crippen molar-refractivity contribution in [1.82, 2.24) is 0 Å². The molecule has 0 spiro atoms. The maximum atomic E-state index is 3.82. The van der Waals surface area contributed by atoms with Crippen LogP contribution in [0.2, 0.25) is 0 Å². The summed E-state index contributed by atoms with van der Waals surface area (Å²) in [5.41, 5.74) is 0. The quantitative estimate of drug-likeness (QED) is 0.510. The van der Waals surface area contributed by atoms with Gasteiger partial charge in [-0.2, -0.15) is 0 Å². The zero-order valence-corrected chi connectivity index (χ0v) is 5.49. The van der Waals surface area contributed by atoms with E-state index in [4.69, 9.17) is 0 Å². The number of allylic oxidation sites excluding steroid dienone is 1. The second-order valence-corrected chi connectivity index (χ2v) is 1.26. The molecule has 0 fully saturated rings. The molecule has 0 aliphatic rings. The molecule has 0 radical (unpaired) electrons. The van der Waals surface area contributed by atoms with Crippen LogP contribution >= 0.6 is 0 Å². The van der Waals surface area contributed by atoms with Gasteiger partial charge in [0.15, 0.2) is 0 Å². The number of aliphatic imine (C=N–C) groups is 2. The van der Waals surface area contributed by atoms with Gasteiger partial charge < -0.3 is 0 Å². The van der Waals surface area contributed by atoms with Crippen molar-refractivity contribution in [1.29, 1.82) is 0 Å². The van der Waals surface area contributed by atoms with Crippen molar-refractivity contribution in [2.45, 2.75) is 6.92 Å². The van der Waals surface area contributed by atoms with Crippen molar-refractivity contribution >= 4 is 12.4 Å². The highest BCUT2D eigenvalue weighted by atomic mass is 14.7. The molecule has 0 aliphatic heterocycles. The maximum absolute atomic E-state index is 3.82. The number of nitrogens with zero attached hydrogens (tertiary/aromatic N) is 2. The molecule has 2 heteroatoms. The van der Waals surface area contributed by atoms with E-state index in [0.29, 0.717) is 0 Å². The summed E-state index contributed by atoms with van der Waals surface area (Å²) in [6.07, 6.45) is 8.17. The van der Waals surface area contributed by atoms with Gasteiger partial charge in [-0.25, -0.2) is 0 Å². The molecular formula is C7H10N2. The van der Waals surface area contributed by atoms with E-state index >= 15 is 0 Å². The minimum absolute atomic E-state index is 1.46. The van der Waals surface area contributed by atoms with Gasteiger partial charge >= 0.3 is 0 Å². The van der Waals surface area contributed by atoms with E-state index in [-0.39, 0.29) is 0 Å². The molecule has 0 bridgehead atoms. The van der Waals surface area contributed by atoms with Gasteiger partial charge in [0.2, 0.25) is 0 Å².